The minimum Gasteiger partial charge on any atom is -0.493 e. The van der Waals surface area contributed by atoms with E-state index in [9.17, 15) is 10.1 Å². The van der Waals surface area contributed by atoms with Gasteiger partial charge in [-0.2, -0.15) is 5.26 Å². The van der Waals surface area contributed by atoms with E-state index in [1.807, 2.05) is 12.1 Å². The number of methoxy groups -OCH3 is 2. The molecule has 1 aliphatic carbocycles. The van der Waals surface area contributed by atoms with E-state index < -0.39 is 5.41 Å². The van der Waals surface area contributed by atoms with Crippen molar-refractivity contribution < 1.29 is 14.3 Å². The van der Waals surface area contributed by atoms with Crippen molar-refractivity contribution in [3.8, 4) is 17.6 Å². The quantitative estimate of drug-likeness (QED) is 0.780. The maximum atomic E-state index is 12.6. The Hall–Kier alpha value is -2.28. The number of carbonyl (C=O) groups is 1. The van der Waals surface area contributed by atoms with Crippen LogP contribution < -0.4 is 9.47 Å². The topological polar surface area (TPSA) is 59.3 Å². The SMILES string of the molecule is C=CC[C@]1(CC#N)C(=O)CCc2ccc(OC)c(OC)c21. The maximum absolute atomic E-state index is 12.6. The molecule has 1 aromatic rings. The lowest BCUT2D eigenvalue weighted by molar-refractivity contribution is -0.125. The Labute approximate surface area is 125 Å². The van der Waals surface area contributed by atoms with Crippen LogP contribution in [0.4, 0.5) is 0 Å². The number of carbonyl (C=O) groups excluding carboxylic acids is 1. The van der Waals surface area contributed by atoms with Gasteiger partial charge in [0.25, 0.3) is 0 Å². The second-order valence-electron chi connectivity index (χ2n) is 5.17. The van der Waals surface area contributed by atoms with Gasteiger partial charge in [-0.3, -0.25) is 4.79 Å². The van der Waals surface area contributed by atoms with E-state index in [0.717, 1.165) is 11.1 Å². The highest BCUT2D eigenvalue weighted by Crippen LogP contribution is 2.48. The number of hydrogen-bond acceptors (Lipinski definition) is 4. The summed E-state index contributed by atoms with van der Waals surface area (Å²) in [4.78, 5) is 12.6. The molecule has 4 nitrogen and oxygen atoms in total. The number of ketones is 1. The summed E-state index contributed by atoms with van der Waals surface area (Å²) >= 11 is 0. The van der Waals surface area contributed by atoms with Crippen molar-refractivity contribution in [2.75, 3.05) is 14.2 Å². The largest absolute Gasteiger partial charge is 0.493 e. The lowest BCUT2D eigenvalue weighted by Crippen LogP contribution is -2.40. The van der Waals surface area contributed by atoms with E-state index in [1.54, 1.807) is 20.3 Å². The second-order valence-corrected chi connectivity index (χ2v) is 5.17. The Morgan fingerprint density at radius 2 is 2.14 bits per heavy atom. The lowest BCUT2D eigenvalue weighted by atomic mass is 9.65. The molecule has 0 bridgehead atoms. The van der Waals surface area contributed by atoms with Gasteiger partial charge in [-0.25, -0.2) is 0 Å². The fourth-order valence-corrected chi connectivity index (χ4v) is 3.18. The van der Waals surface area contributed by atoms with E-state index in [4.69, 9.17) is 9.47 Å². The third-order valence-electron chi connectivity index (χ3n) is 4.14. The van der Waals surface area contributed by atoms with Crippen LogP contribution in [-0.2, 0) is 16.6 Å². The van der Waals surface area contributed by atoms with Crippen molar-refractivity contribution in [2.24, 2.45) is 0 Å². The third-order valence-corrected chi connectivity index (χ3v) is 4.14. The molecule has 0 saturated carbocycles. The number of nitrogens with zero attached hydrogens (tertiary/aromatic N) is 1. The minimum absolute atomic E-state index is 0.0722. The van der Waals surface area contributed by atoms with Gasteiger partial charge < -0.3 is 9.47 Å². The fraction of sp³-hybridized carbons (Fsp3) is 0.412. The zero-order valence-corrected chi connectivity index (χ0v) is 12.4. The van der Waals surface area contributed by atoms with Crippen LogP contribution in [0.25, 0.3) is 0 Å². The average Bonchev–Trinajstić information content (AvgIpc) is 2.50. The van der Waals surface area contributed by atoms with Gasteiger partial charge in [-0.15, -0.1) is 6.58 Å². The molecule has 1 aromatic carbocycles. The Balaban J connectivity index is 2.78. The molecule has 0 N–H and O–H groups in total. The number of aryl methyl sites for hydroxylation is 1. The molecular formula is C17H19NO3. The zero-order chi connectivity index (χ0) is 15.5. The molecule has 0 unspecified atom stereocenters. The predicted octanol–water partition coefficient (Wildman–Crippen LogP) is 2.95. The van der Waals surface area contributed by atoms with E-state index in [2.05, 4.69) is 12.6 Å². The summed E-state index contributed by atoms with van der Waals surface area (Å²) in [7, 11) is 3.12. The molecule has 21 heavy (non-hydrogen) atoms. The van der Waals surface area contributed by atoms with Crippen LogP contribution in [0.2, 0.25) is 0 Å². The number of benzene rings is 1. The summed E-state index contributed by atoms with van der Waals surface area (Å²) < 4.78 is 10.9. The van der Waals surface area contributed by atoms with Crippen molar-refractivity contribution in [2.45, 2.75) is 31.1 Å². The van der Waals surface area contributed by atoms with Crippen LogP contribution >= 0.6 is 0 Å². The van der Waals surface area contributed by atoms with Gasteiger partial charge in [0.2, 0.25) is 0 Å². The molecule has 0 heterocycles. The van der Waals surface area contributed by atoms with Crippen molar-refractivity contribution in [1.82, 2.24) is 0 Å². The van der Waals surface area contributed by atoms with E-state index in [0.29, 0.717) is 30.8 Å². The van der Waals surface area contributed by atoms with Crippen LogP contribution in [0.3, 0.4) is 0 Å². The maximum Gasteiger partial charge on any atom is 0.165 e. The van der Waals surface area contributed by atoms with Gasteiger partial charge in [0, 0.05) is 12.0 Å². The van der Waals surface area contributed by atoms with E-state index >= 15 is 0 Å². The first-order chi connectivity index (χ1) is 10.1. The number of hydrogen-bond donors (Lipinski definition) is 0. The standard InChI is InChI=1S/C17H19NO3/c1-4-9-17(10-11-18)14(19)8-6-12-5-7-13(20-2)16(21-3)15(12)17/h4-5,7H,1,6,8-10H2,2-3H3/t17-/m0/s1. The molecular weight excluding hydrogens is 266 g/mol. The van der Waals surface area contributed by atoms with Crippen LogP contribution in [0.15, 0.2) is 24.8 Å². The number of ether oxygens (including phenoxy) is 2. The molecule has 1 aliphatic rings. The van der Waals surface area contributed by atoms with Crippen molar-refractivity contribution >= 4 is 5.78 Å². The predicted molar refractivity (Wildman–Crippen MR) is 79.6 cm³/mol. The Kier molecular flexibility index (Phi) is 4.32. The van der Waals surface area contributed by atoms with Crippen LogP contribution in [-0.4, -0.2) is 20.0 Å². The highest BCUT2D eigenvalue weighted by molar-refractivity contribution is 5.94. The molecule has 0 amide bonds. The molecule has 110 valence electrons. The molecule has 2 rings (SSSR count). The highest BCUT2D eigenvalue weighted by atomic mass is 16.5. The lowest BCUT2D eigenvalue weighted by Gasteiger charge is -2.37. The van der Waals surface area contributed by atoms with Crippen molar-refractivity contribution in [3.63, 3.8) is 0 Å². The molecule has 0 aliphatic heterocycles. The van der Waals surface area contributed by atoms with Crippen molar-refractivity contribution in [3.05, 3.63) is 35.9 Å². The monoisotopic (exact) mass is 285 g/mol. The van der Waals surface area contributed by atoms with Crippen LogP contribution in [0.1, 0.15) is 30.4 Å². The summed E-state index contributed by atoms with van der Waals surface area (Å²) in [5.41, 5.74) is 0.968. The molecule has 0 spiro atoms. The molecule has 0 radical (unpaired) electrons. The summed E-state index contributed by atoms with van der Waals surface area (Å²) in [5, 5.41) is 9.24. The van der Waals surface area contributed by atoms with Gasteiger partial charge in [-0.05, 0) is 24.5 Å². The number of allylic oxidation sites excluding steroid dienone is 1. The van der Waals surface area contributed by atoms with Gasteiger partial charge in [0.05, 0.1) is 32.1 Å². The molecule has 0 aromatic heterocycles. The summed E-state index contributed by atoms with van der Waals surface area (Å²) in [6.45, 7) is 3.75. The third kappa shape index (κ3) is 2.29. The molecule has 1 atom stereocenters. The Bertz CT molecular complexity index is 615. The zero-order valence-electron chi connectivity index (χ0n) is 12.4. The average molecular weight is 285 g/mol. The van der Waals surface area contributed by atoms with E-state index in [-0.39, 0.29) is 12.2 Å². The Morgan fingerprint density at radius 3 is 2.71 bits per heavy atom. The first kappa shape index (κ1) is 15.1. The normalized spacial score (nSPS) is 20.3. The highest BCUT2D eigenvalue weighted by Gasteiger charge is 2.45. The number of fused-ring (bicyclic) bond motifs is 1. The smallest absolute Gasteiger partial charge is 0.165 e. The number of Topliss-reactive ketones (excluding diaryl/α,β-unsaturated/α-hetero) is 1. The first-order valence-corrected chi connectivity index (χ1v) is 6.90. The van der Waals surface area contributed by atoms with Gasteiger partial charge in [0.15, 0.2) is 11.5 Å². The fourth-order valence-electron chi connectivity index (χ4n) is 3.18. The number of rotatable bonds is 5. The van der Waals surface area contributed by atoms with Crippen LogP contribution in [0.5, 0.6) is 11.5 Å². The summed E-state index contributed by atoms with van der Waals surface area (Å²) in [6.07, 6.45) is 3.35. The van der Waals surface area contributed by atoms with Crippen LogP contribution in [0, 0.1) is 11.3 Å². The molecule has 4 heteroatoms. The van der Waals surface area contributed by atoms with Gasteiger partial charge in [0.1, 0.15) is 5.78 Å². The van der Waals surface area contributed by atoms with Crippen molar-refractivity contribution in [1.29, 1.82) is 5.26 Å². The summed E-state index contributed by atoms with van der Waals surface area (Å²) in [6, 6.07) is 5.96. The first-order valence-electron chi connectivity index (χ1n) is 6.90. The van der Waals surface area contributed by atoms with Gasteiger partial charge in [-0.1, -0.05) is 12.1 Å². The minimum atomic E-state index is -0.871. The van der Waals surface area contributed by atoms with Gasteiger partial charge >= 0.3 is 0 Å². The second kappa shape index (κ2) is 6.01. The Morgan fingerprint density at radius 1 is 1.38 bits per heavy atom. The number of nitriles is 1. The van der Waals surface area contributed by atoms with E-state index in [1.165, 1.54) is 0 Å². The molecule has 0 fully saturated rings. The summed E-state index contributed by atoms with van der Waals surface area (Å²) in [5.74, 6) is 1.21. The molecule has 0 saturated heterocycles.